The van der Waals surface area contributed by atoms with Crippen molar-refractivity contribution in [3.8, 4) is 6.07 Å². The van der Waals surface area contributed by atoms with Gasteiger partial charge in [-0.2, -0.15) is 5.26 Å². The molecule has 1 amide bonds. The summed E-state index contributed by atoms with van der Waals surface area (Å²) in [6, 6.07) is 5.40. The van der Waals surface area contributed by atoms with Crippen molar-refractivity contribution in [2.24, 2.45) is 0 Å². The summed E-state index contributed by atoms with van der Waals surface area (Å²) in [5.41, 5.74) is 0.973. The summed E-state index contributed by atoms with van der Waals surface area (Å²) in [7, 11) is 0. The molecule has 0 saturated heterocycles. The van der Waals surface area contributed by atoms with Crippen LogP contribution < -0.4 is 5.32 Å². The Hall–Kier alpha value is -1.89. The van der Waals surface area contributed by atoms with Gasteiger partial charge in [-0.05, 0) is 17.7 Å². The van der Waals surface area contributed by atoms with Gasteiger partial charge in [-0.3, -0.25) is 9.78 Å². The average Bonchev–Trinajstić information content (AvgIpc) is 2.17. The summed E-state index contributed by atoms with van der Waals surface area (Å²) in [4.78, 5) is 14.7. The predicted molar refractivity (Wildman–Crippen MR) is 46.3 cm³/mol. The van der Waals surface area contributed by atoms with Gasteiger partial charge >= 0.3 is 0 Å². The van der Waals surface area contributed by atoms with Gasteiger partial charge in [-0.1, -0.05) is 0 Å². The summed E-state index contributed by atoms with van der Waals surface area (Å²) in [6.07, 6.45) is 3.22. The fourth-order valence-corrected chi connectivity index (χ4v) is 0.836. The van der Waals surface area contributed by atoms with Crippen molar-refractivity contribution in [3.05, 3.63) is 30.1 Å². The minimum absolute atomic E-state index is 0.0922. The molecule has 1 rings (SSSR count). The van der Waals surface area contributed by atoms with Crippen LogP contribution in [0.5, 0.6) is 0 Å². The van der Waals surface area contributed by atoms with Crippen LogP contribution in [0.4, 0.5) is 0 Å². The fourth-order valence-electron chi connectivity index (χ4n) is 0.836. The Morgan fingerprint density at radius 3 is 2.85 bits per heavy atom. The highest BCUT2D eigenvalue weighted by Gasteiger charge is 1.98. The molecule has 1 aromatic rings. The molecule has 66 valence electrons. The molecule has 4 heteroatoms. The highest BCUT2D eigenvalue weighted by atomic mass is 16.1. The zero-order valence-corrected chi connectivity index (χ0v) is 7.03. The van der Waals surface area contributed by atoms with E-state index in [2.05, 4.69) is 10.3 Å². The molecule has 0 spiro atoms. The number of amides is 1. The Kier molecular flexibility index (Phi) is 3.45. The van der Waals surface area contributed by atoms with Gasteiger partial charge in [0.15, 0.2) is 0 Å². The number of carbonyl (C=O) groups is 1. The van der Waals surface area contributed by atoms with Gasteiger partial charge in [0.1, 0.15) is 6.42 Å². The van der Waals surface area contributed by atoms with E-state index in [4.69, 9.17) is 5.26 Å². The van der Waals surface area contributed by atoms with E-state index < -0.39 is 0 Å². The van der Waals surface area contributed by atoms with Crippen LogP contribution in [0.2, 0.25) is 0 Å². The monoisotopic (exact) mass is 175 g/mol. The molecule has 0 aliphatic rings. The Balaban J connectivity index is 2.36. The van der Waals surface area contributed by atoms with Gasteiger partial charge in [0.25, 0.3) is 0 Å². The third-order valence-corrected chi connectivity index (χ3v) is 1.48. The molecular formula is C9H9N3O. The van der Waals surface area contributed by atoms with Crippen molar-refractivity contribution in [2.45, 2.75) is 13.0 Å². The van der Waals surface area contributed by atoms with Crippen LogP contribution in [-0.4, -0.2) is 10.9 Å². The van der Waals surface area contributed by atoms with E-state index in [0.29, 0.717) is 6.54 Å². The van der Waals surface area contributed by atoms with Crippen LogP contribution in [0.25, 0.3) is 0 Å². The van der Waals surface area contributed by atoms with Crippen molar-refractivity contribution >= 4 is 5.91 Å². The number of hydrogen-bond acceptors (Lipinski definition) is 3. The molecule has 0 aliphatic carbocycles. The summed E-state index contributed by atoms with van der Waals surface area (Å²) in [5.74, 6) is -0.251. The maximum atomic E-state index is 10.9. The number of carbonyl (C=O) groups excluding carboxylic acids is 1. The largest absolute Gasteiger partial charge is 0.351 e. The summed E-state index contributed by atoms with van der Waals surface area (Å²) < 4.78 is 0. The molecule has 0 unspecified atom stereocenters. The first-order valence-corrected chi connectivity index (χ1v) is 3.85. The van der Waals surface area contributed by atoms with Gasteiger partial charge in [0, 0.05) is 18.9 Å². The molecule has 0 aliphatic heterocycles. The molecular weight excluding hydrogens is 166 g/mol. The second kappa shape index (κ2) is 4.88. The van der Waals surface area contributed by atoms with Gasteiger partial charge in [0.05, 0.1) is 6.07 Å². The number of nitrogens with one attached hydrogen (secondary N) is 1. The lowest BCUT2D eigenvalue weighted by Crippen LogP contribution is -2.21. The highest BCUT2D eigenvalue weighted by molar-refractivity contribution is 5.77. The van der Waals surface area contributed by atoms with Gasteiger partial charge < -0.3 is 5.32 Å². The minimum atomic E-state index is -0.251. The Bertz CT molecular complexity index is 315. The van der Waals surface area contributed by atoms with Crippen LogP contribution in [0.3, 0.4) is 0 Å². The maximum absolute atomic E-state index is 10.9. The van der Waals surface area contributed by atoms with Crippen molar-refractivity contribution in [2.75, 3.05) is 0 Å². The van der Waals surface area contributed by atoms with Crippen molar-refractivity contribution in [1.82, 2.24) is 10.3 Å². The Labute approximate surface area is 76.2 Å². The zero-order valence-electron chi connectivity index (χ0n) is 7.03. The van der Waals surface area contributed by atoms with E-state index in [1.54, 1.807) is 18.5 Å². The number of hydrogen-bond donors (Lipinski definition) is 1. The van der Waals surface area contributed by atoms with Crippen LogP contribution in [0, 0.1) is 11.3 Å². The molecule has 0 atom stereocenters. The van der Waals surface area contributed by atoms with Gasteiger partial charge in [-0.15, -0.1) is 0 Å². The smallest absolute Gasteiger partial charge is 0.234 e. The molecule has 0 saturated carbocycles. The quantitative estimate of drug-likeness (QED) is 0.732. The lowest BCUT2D eigenvalue weighted by atomic mass is 10.2. The van der Waals surface area contributed by atoms with Crippen LogP contribution in [-0.2, 0) is 11.3 Å². The molecule has 1 aromatic heterocycles. The number of aromatic nitrogens is 1. The number of nitriles is 1. The molecule has 1 heterocycles. The van der Waals surface area contributed by atoms with Gasteiger partial charge in [-0.25, -0.2) is 0 Å². The third-order valence-electron chi connectivity index (χ3n) is 1.48. The maximum Gasteiger partial charge on any atom is 0.234 e. The lowest BCUT2D eigenvalue weighted by molar-refractivity contribution is -0.120. The number of pyridine rings is 1. The SMILES string of the molecule is N#CCC(=O)NCc1ccncc1. The average molecular weight is 175 g/mol. The molecule has 13 heavy (non-hydrogen) atoms. The third kappa shape index (κ3) is 3.34. The van der Waals surface area contributed by atoms with E-state index >= 15 is 0 Å². The second-order valence-electron chi connectivity index (χ2n) is 2.47. The van der Waals surface area contributed by atoms with Crippen molar-refractivity contribution in [1.29, 1.82) is 5.26 Å². The summed E-state index contributed by atoms with van der Waals surface area (Å²) in [5, 5.41) is 10.8. The molecule has 0 fully saturated rings. The first-order chi connectivity index (χ1) is 6.33. The van der Waals surface area contributed by atoms with Crippen LogP contribution >= 0.6 is 0 Å². The van der Waals surface area contributed by atoms with Gasteiger partial charge in [0.2, 0.25) is 5.91 Å². The van der Waals surface area contributed by atoms with E-state index in [1.807, 2.05) is 12.1 Å². The van der Waals surface area contributed by atoms with Crippen molar-refractivity contribution < 1.29 is 4.79 Å². The fraction of sp³-hybridized carbons (Fsp3) is 0.222. The normalized spacial score (nSPS) is 8.85. The summed E-state index contributed by atoms with van der Waals surface area (Å²) in [6.45, 7) is 0.447. The second-order valence-corrected chi connectivity index (χ2v) is 2.47. The standard InChI is InChI=1S/C9H9N3O/c10-4-1-9(13)12-7-8-2-5-11-6-3-8/h2-3,5-6H,1,7H2,(H,12,13). The lowest BCUT2D eigenvalue weighted by Gasteiger charge is -2.01. The molecule has 0 aromatic carbocycles. The Morgan fingerprint density at radius 1 is 1.54 bits per heavy atom. The first kappa shape index (κ1) is 9.20. The molecule has 0 bridgehead atoms. The number of rotatable bonds is 3. The van der Waals surface area contributed by atoms with Crippen LogP contribution in [0.15, 0.2) is 24.5 Å². The van der Waals surface area contributed by atoms with Crippen LogP contribution in [0.1, 0.15) is 12.0 Å². The Morgan fingerprint density at radius 2 is 2.23 bits per heavy atom. The number of nitrogens with zero attached hydrogens (tertiary/aromatic N) is 2. The summed E-state index contributed by atoms with van der Waals surface area (Å²) >= 11 is 0. The molecule has 1 N–H and O–H groups in total. The van der Waals surface area contributed by atoms with Crippen molar-refractivity contribution in [3.63, 3.8) is 0 Å². The highest BCUT2D eigenvalue weighted by Crippen LogP contribution is 1.94. The van der Waals surface area contributed by atoms with E-state index in [9.17, 15) is 4.79 Å². The molecule has 0 radical (unpaired) electrons. The minimum Gasteiger partial charge on any atom is -0.351 e. The topological polar surface area (TPSA) is 65.8 Å². The van der Waals surface area contributed by atoms with E-state index in [-0.39, 0.29) is 12.3 Å². The zero-order chi connectivity index (χ0) is 9.52. The first-order valence-electron chi connectivity index (χ1n) is 3.85. The van der Waals surface area contributed by atoms with E-state index in [1.165, 1.54) is 0 Å². The predicted octanol–water partition coefficient (Wildman–Crippen LogP) is 0.611. The molecule has 4 nitrogen and oxygen atoms in total. The van der Waals surface area contributed by atoms with E-state index in [0.717, 1.165) is 5.56 Å².